The number of methoxy groups -OCH3 is 2. The predicted octanol–water partition coefficient (Wildman–Crippen LogP) is 4.82. The van der Waals surface area contributed by atoms with Gasteiger partial charge in [0, 0.05) is 18.2 Å². The lowest BCUT2D eigenvalue weighted by atomic mass is 9.72. The van der Waals surface area contributed by atoms with E-state index in [1.165, 1.54) is 0 Å². The maximum Gasteiger partial charge on any atom is 0.407 e. The summed E-state index contributed by atoms with van der Waals surface area (Å²) in [6.07, 6.45) is -0.615. The molecule has 0 aliphatic rings. The van der Waals surface area contributed by atoms with Gasteiger partial charge in [0.05, 0.1) is 20.8 Å². The van der Waals surface area contributed by atoms with E-state index in [2.05, 4.69) is 36.7 Å². The molecule has 0 saturated heterocycles. The standard InChI is InChI=1S/C28H47N3O7/c1-16(2)30-25(32)21(31-26(33)34)12-11-14-29-27(35)38-15-13-20(28(6,7)8)22-19(5)23(36-9)17(3)18(4)24(22)37-10/h16,20-21,31H,11-15H2,1-10H3,(H,29,35)(H,30,32)(H,33,34)/t20?,21-/m0/s1. The molecule has 1 aromatic carbocycles. The summed E-state index contributed by atoms with van der Waals surface area (Å²) in [6, 6.07) is -1.01. The minimum Gasteiger partial charge on any atom is -0.496 e. The summed E-state index contributed by atoms with van der Waals surface area (Å²) in [5.41, 5.74) is 3.99. The van der Waals surface area contributed by atoms with Crippen molar-refractivity contribution in [3.63, 3.8) is 0 Å². The predicted molar refractivity (Wildman–Crippen MR) is 147 cm³/mol. The Balaban J connectivity index is 2.80. The minimum atomic E-state index is -1.28. The third kappa shape index (κ3) is 9.29. The normalized spacial score (nSPS) is 12.9. The van der Waals surface area contributed by atoms with E-state index >= 15 is 0 Å². The number of carbonyl (C=O) groups excluding carboxylic acids is 2. The van der Waals surface area contributed by atoms with E-state index in [-0.39, 0.29) is 36.9 Å². The molecule has 0 spiro atoms. The molecule has 0 fully saturated rings. The highest BCUT2D eigenvalue weighted by molar-refractivity contribution is 5.85. The minimum absolute atomic E-state index is 0.0285. The number of hydrogen-bond donors (Lipinski definition) is 4. The van der Waals surface area contributed by atoms with Crippen LogP contribution in [-0.2, 0) is 9.53 Å². The van der Waals surface area contributed by atoms with Gasteiger partial charge in [-0.15, -0.1) is 0 Å². The Morgan fingerprint density at radius 1 is 0.895 bits per heavy atom. The average Bonchev–Trinajstić information content (AvgIpc) is 2.80. The molecular weight excluding hydrogens is 490 g/mol. The molecule has 216 valence electrons. The van der Waals surface area contributed by atoms with Crippen LogP contribution in [0.4, 0.5) is 9.59 Å². The number of amides is 3. The summed E-state index contributed by atoms with van der Waals surface area (Å²) in [4.78, 5) is 35.6. The molecule has 0 bridgehead atoms. The van der Waals surface area contributed by atoms with Gasteiger partial charge in [0.25, 0.3) is 0 Å². The Hall–Kier alpha value is -3.17. The van der Waals surface area contributed by atoms with Crippen molar-refractivity contribution in [2.24, 2.45) is 5.41 Å². The van der Waals surface area contributed by atoms with Crippen LogP contribution in [0.25, 0.3) is 0 Å². The van der Waals surface area contributed by atoms with E-state index in [0.29, 0.717) is 12.8 Å². The lowest BCUT2D eigenvalue weighted by molar-refractivity contribution is -0.123. The van der Waals surface area contributed by atoms with Crippen molar-refractivity contribution in [1.82, 2.24) is 16.0 Å². The van der Waals surface area contributed by atoms with Gasteiger partial charge in [-0.1, -0.05) is 20.8 Å². The molecule has 2 atom stereocenters. The van der Waals surface area contributed by atoms with Crippen molar-refractivity contribution in [3.8, 4) is 11.5 Å². The van der Waals surface area contributed by atoms with Gasteiger partial charge >= 0.3 is 12.2 Å². The second kappa shape index (κ2) is 14.7. The fourth-order valence-corrected chi connectivity index (χ4v) is 4.74. The molecule has 0 aromatic heterocycles. The van der Waals surface area contributed by atoms with Crippen molar-refractivity contribution in [2.45, 2.75) is 92.7 Å². The number of hydrogen-bond acceptors (Lipinski definition) is 6. The summed E-state index contributed by atoms with van der Waals surface area (Å²) in [6.45, 7) is 16.6. The van der Waals surface area contributed by atoms with Crippen molar-refractivity contribution < 1.29 is 33.7 Å². The molecular formula is C28H47N3O7. The zero-order valence-electron chi connectivity index (χ0n) is 24.7. The van der Waals surface area contributed by atoms with E-state index in [9.17, 15) is 14.4 Å². The van der Waals surface area contributed by atoms with E-state index < -0.39 is 24.1 Å². The summed E-state index contributed by atoms with van der Waals surface area (Å²) in [7, 11) is 3.34. The number of alkyl carbamates (subject to hydrolysis) is 1. The molecule has 0 aliphatic heterocycles. The first-order chi connectivity index (χ1) is 17.6. The lowest BCUT2D eigenvalue weighted by Crippen LogP contribution is -2.48. The van der Waals surface area contributed by atoms with Crippen molar-refractivity contribution in [2.75, 3.05) is 27.4 Å². The van der Waals surface area contributed by atoms with Crippen LogP contribution in [0.3, 0.4) is 0 Å². The van der Waals surface area contributed by atoms with E-state index in [4.69, 9.17) is 19.3 Å². The molecule has 3 amide bonds. The highest BCUT2D eigenvalue weighted by Crippen LogP contribution is 2.48. The van der Waals surface area contributed by atoms with Crippen LogP contribution in [0.5, 0.6) is 11.5 Å². The molecule has 38 heavy (non-hydrogen) atoms. The highest BCUT2D eigenvalue weighted by atomic mass is 16.5. The number of carboxylic acid groups (broad SMARTS) is 1. The highest BCUT2D eigenvalue weighted by Gasteiger charge is 2.33. The number of benzene rings is 1. The molecule has 0 aliphatic carbocycles. The Morgan fingerprint density at radius 2 is 1.47 bits per heavy atom. The first-order valence-corrected chi connectivity index (χ1v) is 13.1. The van der Waals surface area contributed by atoms with Gasteiger partial charge in [0.2, 0.25) is 5.91 Å². The SMILES string of the molecule is COc1c(C)c(C)c(OC)c(C(CCOC(=O)NCCC[C@H](NC(=O)O)C(=O)NC(C)C)C(C)(C)C)c1C. The summed E-state index contributed by atoms with van der Waals surface area (Å²) < 4.78 is 17.0. The van der Waals surface area contributed by atoms with Gasteiger partial charge in [0.15, 0.2) is 0 Å². The second-order valence-corrected chi connectivity index (χ2v) is 10.9. The third-order valence-electron chi connectivity index (χ3n) is 6.66. The quantitative estimate of drug-likeness (QED) is 0.265. The van der Waals surface area contributed by atoms with Crippen LogP contribution in [-0.4, -0.2) is 62.7 Å². The Labute approximate surface area is 227 Å². The third-order valence-corrected chi connectivity index (χ3v) is 6.66. The van der Waals surface area contributed by atoms with Crippen LogP contribution in [0.15, 0.2) is 0 Å². The van der Waals surface area contributed by atoms with Crippen molar-refractivity contribution >= 4 is 18.1 Å². The van der Waals surface area contributed by atoms with E-state index in [1.54, 1.807) is 28.1 Å². The molecule has 1 unspecified atom stereocenters. The molecule has 1 rings (SSSR count). The fraction of sp³-hybridized carbons (Fsp3) is 0.679. The van der Waals surface area contributed by atoms with Crippen LogP contribution >= 0.6 is 0 Å². The first-order valence-electron chi connectivity index (χ1n) is 13.1. The van der Waals surface area contributed by atoms with Crippen molar-refractivity contribution in [3.05, 3.63) is 22.3 Å². The van der Waals surface area contributed by atoms with Crippen molar-refractivity contribution in [1.29, 1.82) is 0 Å². The van der Waals surface area contributed by atoms with E-state index in [1.807, 2.05) is 20.8 Å². The van der Waals surface area contributed by atoms with E-state index in [0.717, 1.165) is 33.8 Å². The van der Waals surface area contributed by atoms with Crippen LogP contribution in [0.1, 0.15) is 82.1 Å². The van der Waals surface area contributed by atoms with Gasteiger partial charge in [-0.25, -0.2) is 9.59 Å². The van der Waals surface area contributed by atoms with Gasteiger partial charge in [-0.2, -0.15) is 0 Å². The molecule has 0 saturated carbocycles. The maximum atomic E-state index is 12.3. The molecule has 10 heteroatoms. The van der Waals surface area contributed by atoms with Crippen LogP contribution < -0.4 is 25.4 Å². The average molecular weight is 538 g/mol. The lowest BCUT2D eigenvalue weighted by Gasteiger charge is -2.34. The zero-order chi connectivity index (χ0) is 29.2. The maximum absolute atomic E-state index is 12.3. The molecule has 1 aromatic rings. The number of carbonyl (C=O) groups is 3. The van der Waals surface area contributed by atoms with Gasteiger partial charge in [0.1, 0.15) is 17.5 Å². The summed E-state index contributed by atoms with van der Waals surface area (Å²) >= 11 is 0. The van der Waals surface area contributed by atoms with Gasteiger partial charge in [-0.3, -0.25) is 4.79 Å². The van der Waals surface area contributed by atoms with Crippen LogP contribution in [0, 0.1) is 26.2 Å². The topological polar surface area (TPSA) is 135 Å². The first kappa shape index (κ1) is 32.9. The van der Waals surface area contributed by atoms with Gasteiger partial charge < -0.3 is 35.3 Å². The zero-order valence-corrected chi connectivity index (χ0v) is 24.7. The summed E-state index contributed by atoms with van der Waals surface area (Å²) in [5, 5.41) is 16.6. The monoisotopic (exact) mass is 537 g/mol. The summed E-state index contributed by atoms with van der Waals surface area (Å²) in [5.74, 6) is 1.30. The number of rotatable bonds is 13. The largest absolute Gasteiger partial charge is 0.496 e. The Kier molecular flexibility index (Phi) is 12.7. The molecule has 10 nitrogen and oxygen atoms in total. The number of nitrogens with one attached hydrogen (secondary N) is 3. The Morgan fingerprint density at radius 3 is 1.97 bits per heavy atom. The second-order valence-electron chi connectivity index (χ2n) is 10.9. The number of ether oxygens (including phenoxy) is 3. The fourth-order valence-electron chi connectivity index (χ4n) is 4.74. The molecule has 4 N–H and O–H groups in total. The smallest absolute Gasteiger partial charge is 0.407 e. The molecule has 0 heterocycles. The molecule has 0 radical (unpaired) electrons. The Bertz CT molecular complexity index is 970. The van der Waals surface area contributed by atoms with Gasteiger partial charge in [-0.05, 0) is 81.9 Å². The van der Waals surface area contributed by atoms with Crippen LogP contribution in [0.2, 0.25) is 0 Å².